The minimum Gasteiger partial charge on any atom is -0.395 e. The summed E-state index contributed by atoms with van der Waals surface area (Å²) < 4.78 is 7.25. The second-order valence-corrected chi connectivity index (χ2v) is 6.07. The first-order chi connectivity index (χ1) is 10.7. The number of benzene rings is 1. The van der Waals surface area contributed by atoms with Gasteiger partial charge in [0.05, 0.1) is 24.6 Å². The Morgan fingerprint density at radius 3 is 2.82 bits per heavy atom. The van der Waals surface area contributed by atoms with Gasteiger partial charge < -0.3 is 9.84 Å². The van der Waals surface area contributed by atoms with Gasteiger partial charge in [0.2, 0.25) is 0 Å². The number of hydrogen-bond acceptors (Lipinski definition) is 4. The summed E-state index contributed by atoms with van der Waals surface area (Å²) in [5.74, 6) is 0. The van der Waals surface area contributed by atoms with Crippen molar-refractivity contribution < 1.29 is 9.84 Å². The quantitative estimate of drug-likeness (QED) is 0.916. The van der Waals surface area contributed by atoms with Crippen LogP contribution in [0.4, 0.5) is 0 Å². The number of nitrogens with zero attached hydrogens (tertiary/aromatic N) is 3. The van der Waals surface area contributed by atoms with E-state index in [4.69, 9.17) is 16.3 Å². The molecule has 0 saturated carbocycles. The predicted molar refractivity (Wildman–Crippen MR) is 85.3 cm³/mol. The smallest absolute Gasteiger partial charge is 0.0714 e. The summed E-state index contributed by atoms with van der Waals surface area (Å²) in [4.78, 5) is 2.25. The highest BCUT2D eigenvalue weighted by Gasteiger charge is 2.31. The van der Waals surface area contributed by atoms with Crippen molar-refractivity contribution in [3.8, 4) is 5.69 Å². The zero-order valence-electron chi connectivity index (χ0n) is 12.5. The first-order valence-electron chi connectivity index (χ1n) is 7.37. The van der Waals surface area contributed by atoms with Gasteiger partial charge >= 0.3 is 0 Å². The third-order valence-electron chi connectivity index (χ3n) is 4.15. The highest BCUT2D eigenvalue weighted by molar-refractivity contribution is 6.30. The number of halogens is 1. The Labute approximate surface area is 135 Å². The topological polar surface area (TPSA) is 50.5 Å². The number of aromatic nitrogens is 2. The van der Waals surface area contributed by atoms with Crippen LogP contribution in [-0.4, -0.2) is 52.2 Å². The molecule has 1 aromatic heterocycles. The Balaban J connectivity index is 1.70. The van der Waals surface area contributed by atoms with E-state index in [1.807, 2.05) is 41.3 Å². The van der Waals surface area contributed by atoms with E-state index in [0.717, 1.165) is 30.8 Å². The summed E-state index contributed by atoms with van der Waals surface area (Å²) in [6.45, 7) is 1.76. The van der Waals surface area contributed by atoms with E-state index < -0.39 is 0 Å². The summed E-state index contributed by atoms with van der Waals surface area (Å²) in [5, 5.41) is 14.6. The molecular formula is C16H20ClN3O2. The van der Waals surface area contributed by atoms with Gasteiger partial charge in [-0.1, -0.05) is 11.6 Å². The van der Waals surface area contributed by atoms with Gasteiger partial charge in [-0.15, -0.1) is 0 Å². The lowest BCUT2D eigenvalue weighted by Gasteiger charge is -2.21. The van der Waals surface area contributed by atoms with E-state index in [1.54, 1.807) is 7.11 Å². The number of ether oxygens (including phenoxy) is 1. The maximum absolute atomic E-state index is 9.51. The summed E-state index contributed by atoms with van der Waals surface area (Å²) in [6.07, 6.45) is 4.95. The number of methoxy groups -OCH3 is 1. The Morgan fingerprint density at radius 2 is 2.14 bits per heavy atom. The van der Waals surface area contributed by atoms with Gasteiger partial charge in [0.15, 0.2) is 0 Å². The number of hydrogen-bond donors (Lipinski definition) is 1. The third kappa shape index (κ3) is 3.33. The standard InChI is InChI=1S/C16H20ClN3O2/c1-22-16-6-15(11-21)19(10-16)8-12-7-18-20(9-12)14-4-2-13(17)3-5-14/h2-5,7,9,15-16,21H,6,8,10-11H2,1H3/t15-,16-/m0/s1. The van der Waals surface area contributed by atoms with Crippen LogP contribution in [0.3, 0.4) is 0 Å². The number of likely N-dealkylation sites (tertiary alicyclic amines) is 1. The molecule has 3 rings (SSSR count). The van der Waals surface area contributed by atoms with Crippen LogP contribution in [-0.2, 0) is 11.3 Å². The van der Waals surface area contributed by atoms with Crippen LogP contribution >= 0.6 is 11.6 Å². The normalized spacial score (nSPS) is 22.3. The van der Waals surface area contributed by atoms with E-state index in [2.05, 4.69) is 10.00 Å². The van der Waals surface area contributed by atoms with Crippen LogP contribution in [0.15, 0.2) is 36.7 Å². The Hall–Kier alpha value is -1.40. The fourth-order valence-electron chi connectivity index (χ4n) is 2.90. The average molecular weight is 322 g/mol. The van der Waals surface area contributed by atoms with Gasteiger partial charge in [0, 0.05) is 43.0 Å². The van der Waals surface area contributed by atoms with Crippen molar-refractivity contribution in [2.24, 2.45) is 0 Å². The first kappa shape index (κ1) is 15.5. The lowest BCUT2D eigenvalue weighted by Crippen LogP contribution is -2.31. The Bertz CT molecular complexity index is 614. The molecule has 22 heavy (non-hydrogen) atoms. The molecule has 1 saturated heterocycles. The summed E-state index contributed by atoms with van der Waals surface area (Å²) in [6, 6.07) is 7.73. The molecule has 2 aromatic rings. The van der Waals surface area contributed by atoms with Gasteiger partial charge in [-0.05, 0) is 30.7 Å². The van der Waals surface area contributed by atoms with E-state index in [1.165, 1.54) is 0 Å². The number of rotatable bonds is 5. The monoisotopic (exact) mass is 321 g/mol. The molecule has 1 aromatic carbocycles. The molecule has 0 aliphatic carbocycles. The van der Waals surface area contributed by atoms with Crippen LogP contribution in [0, 0.1) is 0 Å². The molecule has 0 unspecified atom stereocenters. The van der Waals surface area contributed by atoms with Crippen molar-refractivity contribution in [1.29, 1.82) is 0 Å². The Morgan fingerprint density at radius 1 is 1.36 bits per heavy atom. The second-order valence-electron chi connectivity index (χ2n) is 5.63. The van der Waals surface area contributed by atoms with E-state index in [9.17, 15) is 5.11 Å². The molecule has 0 amide bonds. The van der Waals surface area contributed by atoms with Crippen molar-refractivity contribution in [3.05, 3.63) is 47.2 Å². The van der Waals surface area contributed by atoms with Crippen molar-refractivity contribution in [2.75, 3.05) is 20.3 Å². The molecule has 0 spiro atoms. The molecule has 118 valence electrons. The lowest BCUT2D eigenvalue weighted by atomic mass is 10.2. The molecule has 1 aliphatic rings. The Kier molecular flexibility index (Phi) is 4.78. The van der Waals surface area contributed by atoms with Gasteiger partial charge in [0.1, 0.15) is 0 Å². The molecule has 2 heterocycles. The maximum Gasteiger partial charge on any atom is 0.0714 e. The molecular weight excluding hydrogens is 302 g/mol. The molecule has 5 nitrogen and oxygen atoms in total. The molecule has 0 bridgehead atoms. The van der Waals surface area contributed by atoms with Crippen molar-refractivity contribution in [3.63, 3.8) is 0 Å². The minimum atomic E-state index is 0.156. The zero-order valence-corrected chi connectivity index (χ0v) is 13.3. The van der Waals surface area contributed by atoms with Crippen LogP contribution in [0.1, 0.15) is 12.0 Å². The molecule has 1 fully saturated rings. The van der Waals surface area contributed by atoms with Crippen LogP contribution in [0.5, 0.6) is 0 Å². The van der Waals surface area contributed by atoms with Gasteiger partial charge in [-0.2, -0.15) is 5.10 Å². The molecule has 6 heteroatoms. The minimum absolute atomic E-state index is 0.156. The average Bonchev–Trinajstić information content (AvgIpc) is 3.15. The fraction of sp³-hybridized carbons (Fsp3) is 0.438. The maximum atomic E-state index is 9.51. The van der Waals surface area contributed by atoms with Gasteiger partial charge in [-0.25, -0.2) is 4.68 Å². The van der Waals surface area contributed by atoms with Crippen molar-refractivity contribution in [2.45, 2.75) is 25.1 Å². The molecule has 0 radical (unpaired) electrons. The molecule has 1 N–H and O–H groups in total. The largest absolute Gasteiger partial charge is 0.395 e. The van der Waals surface area contributed by atoms with Crippen LogP contribution < -0.4 is 0 Å². The first-order valence-corrected chi connectivity index (χ1v) is 7.74. The fourth-order valence-corrected chi connectivity index (χ4v) is 3.03. The zero-order chi connectivity index (χ0) is 15.5. The second kappa shape index (κ2) is 6.79. The summed E-state index contributed by atoms with van der Waals surface area (Å²) >= 11 is 5.91. The van der Waals surface area contributed by atoms with E-state index in [-0.39, 0.29) is 18.8 Å². The van der Waals surface area contributed by atoms with Crippen LogP contribution in [0.2, 0.25) is 5.02 Å². The highest BCUT2D eigenvalue weighted by atomic mass is 35.5. The molecule has 2 atom stereocenters. The summed E-state index contributed by atoms with van der Waals surface area (Å²) in [5.41, 5.74) is 2.09. The van der Waals surface area contributed by atoms with Crippen molar-refractivity contribution >= 4 is 11.6 Å². The van der Waals surface area contributed by atoms with Crippen LogP contribution in [0.25, 0.3) is 5.69 Å². The van der Waals surface area contributed by atoms with E-state index >= 15 is 0 Å². The lowest BCUT2D eigenvalue weighted by molar-refractivity contribution is 0.107. The number of aliphatic hydroxyl groups is 1. The SMILES string of the molecule is CO[C@H]1C[C@@H](CO)N(Cc2cnn(-c3ccc(Cl)cc3)c2)C1. The van der Waals surface area contributed by atoms with Gasteiger partial charge in [-0.3, -0.25) is 4.90 Å². The third-order valence-corrected chi connectivity index (χ3v) is 4.40. The van der Waals surface area contributed by atoms with E-state index in [0.29, 0.717) is 5.02 Å². The van der Waals surface area contributed by atoms with Crippen molar-refractivity contribution in [1.82, 2.24) is 14.7 Å². The highest BCUT2D eigenvalue weighted by Crippen LogP contribution is 2.22. The van der Waals surface area contributed by atoms with Gasteiger partial charge in [0.25, 0.3) is 0 Å². The molecule has 1 aliphatic heterocycles. The predicted octanol–water partition coefficient (Wildman–Crippen LogP) is 2.11. The summed E-state index contributed by atoms with van der Waals surface area (Å²) in [7, 11) is 1.72. The number of aliphatic hydroxyl groups excluding tert-OH is 1.